The predicted octanol–water partition coefficient (Wildman–Crippen LogP) is 2.07. The smallest absolute Gasteiger partial charge is 0.269 e. The van der Waals surface area contributed by atoms with Crippen molar-refractivity contribution in [2.45, 2.75) is 6.42 Å². The average Bonchev–Trinajstić information content (AvgIpc) is 2.55. The van der Waals surface area contributed by atoms with Crippen LogP contribution in [0.15, 0.2) is 42.6 Å². The third kappa shape index (κ3) is 3.95. The quantitative estimate of drug-likeness (QED) is 0.883. The standard InChI is InChI=1S/C16H18N2O3/c1-20-14-7-6-12(11-15(14)21-2)8-10-18-16(19)13-5-3-4-9-17-13/h3-7,9,11H,8,10H2,1-2H3,(H,18,19). The van der Waals surface area contributed by atoms with Crippen LogP contribution in [-0.2, 0) is 6.42 Å². The van der Waals surface area contributed by atoms with Crippen LogP contribution in [0, 0.1) is 0 Å². The lowest BCUT2D eigenvalue weighted by atomic mass is 10.1. The van der Waals surface area contributed by atoms with Crippen molar-refractivity contribution in [3.05, 3.63) is 53.9 Å². The number of nitrogens with zero attached hydrogens (tertiary/aromatic N) is 1. The van der Waals surface area contributed by atoms with E-state index in [1.54, 1.807) is 38.6 Å². The molecule has 1 heterocycles. The first kappa shape index (κ1) is 14.8. The Labute approximate surface area is 123 Å². The number of hydrogen-bond acceptors (Lipinski definition) is 4. The fourth-order valence-electron chi connectivity index (χ4n) is 1.94. The summed E-state index contributed by atoms with van der Waals surface area (Å²) in [6.45, 7) is 0.533. The second kappa shape index (κ2) is 7.28. The zero-order valence-electron chi connectivity index (χ0n) is 12.1. The SMILES string of the molecule is COc1ccc(CCNC(=O)c2ccccn2)cc1OC. The summed E-state index contributed by atoms with van der Waals surface area (Å²) in [4.78, 5) is 15.8. The van der Waals surface area contributed by atoms with Gasteiger partial charge in [0.05, 0.1) is 14.2 Å². The van der Waals surface area contributed by atoms with Crippen molar-refractivity contribution in [3.8, 4) is 11.5 Å². The average molecular weight is 286 g/mol. The molecule has 5 nitrogen and oxygen atoms in total. The summed E-state index contributed by atoms with van der Waals surface area (Å²) in [6, 6.07) is 11.0. The summed E-state index contributed by atoms with van der Waals surface area (Å²) >= 11 is 0. The molecule has 0 aliphatic rings. The first-order chi connectivity index (χ1) is 10.2. The number of amides is 1. The molecule has 0 fully saturated rings. The Morgan fingerprint density at radius 1 is 1.14 bits per heavy atom. The molecule has 1 N–H and O–H groups in total. The molecule has 110 valence electrons. The van der Waals surface area contributed by atoms with Gasteiger partial charge in [0, 0.05) is 12.7 Å². The number of aromatic nitrogens is 1. The number of pyridine rings is 1. The van der Waals surface area contributed by atoms with Crippen LogP contribution in [0.25, 0.3) is 0 Å². The first-order valence-corrected chi connectivity index (χ1v) is 6.64. The van der Waals surface area contributed by atoms with E-state index in [1.165, 1.54) is 0 Å². The van der Waals surface area contributed by atoms with E-state index in [1.807, 2.05) is 18.2 Å². The molecule has 0 aliphatic carbocycles. The van der Waals surface area contributed by atoms with Crippen LogP contribution in [0.3, 0.4) is 0 Å². The highest BCUT2D eigenvalue weighted by molar-refractivity contribution is 5.92. The summed E-state index contributed by atoms with van der Waals surface area (Å²) in [5.41, 5.74) is 1.48. The predicted molar refractivity (Wildman–Crippen MR) is 79.8 cm³/mol. The number of hydrogen-bond donors (Lipinski definition) is 1. The number of carbonyl (C=O) groups excluding carboxylic acids is 1. The molecule has 0 aliphatic heterocycles. The van der Waals surface area contributed by atoms with Gasteiger partial charge in [-0.2, -0.15) is 0 Å². The van der Waals surface area contributed by atoms with Crippen molar-refractivity contribution < 1.29 is 14.3 Å². The molecule has 0 spiro atoms. The molecule has 0 saturated carbocycles. The van der Waals surface area contributed by atoms with Crippen LogP contribution in [0.4, 0.5) is 0 Å². The first-order valence-electron chi connectivity index (χ1n) is 6.64. The van der Waals surface area contributed by atoms with Gasteiger partial charge in [-0.3, -0.25) is 9.78 Å². The Kier molecular flexibility index (Phi) is 5.15. The van der Waals surface area contributed by atoms with Crippen LogP contribution >= 0.6 is 0 Å². The Balaban J connectivity index is 1.90. The Morgan fingerprint density at radius 2 is 1.95 bits per heavy atom. The fourth-order valence-corrected chi connectivity index (χ4v) is 1.94. The zero-order chi connectivity index (χ0) is 15.1. The number of benzene rings is 1. The summed E-state index contributed by atoms with van der Waals surface area (Å²) in [5.74, 6) is 1.21. The van der Waals surface area contributed by atoms with Crippen LogP contribution in [0.2, 0.25) is 0 Å². The number of rotatable bonds is 6. The molecule has 0 atom stereocenters. The minimum Gasteiger partial charge on any atom is -0.493 e. The largest absolute Gasteiger partial charge is 0.493 e. The molecule has 0 radical (unpaired) electrons. The Hall–Kier alpha value is -2.56. The van der Waals surface area contributed by atoms with Gasteiger partial charge in [-0.15, -0.1) is 0 Å². The Bertz CT molecular complexity index is 600. The van der Waals surface area contributed by atoms with E-state index in [0.29, 0.717) is 30.2 Å². The van der Waals surface area contributed by atoms with Gasteiger partial charge in [-0.1, -0.05) is 12.1 Å². The van der Waals surface area contributed by atoms with E-state index in [2.05, 4.69) is 10.3 Å². The molecule has 0 saturated heterocycles. The third-order valence-electron chi connectivity index (χ3n) is 3.04. The maximum absolute atomic E-state index is 11.8. The van der Waals surface area contributed by atoms with Crippen molar-refractivity contribution in [2.24, 2.45) is 0 Å². The molecule has 21 heavy (non-hydrogen) atoms. The monoisotopic (exact) mass is 286 g/mol. The minimum absolute atomic E-state index is 0.170. The van der Waals surface area contributed by atoms with E-state index in [-0.39, 0.29) is 5.91 Å². The summed E-state index contributed by atoms with van der Waals surface area (Å²) < 4.78 is 10.4. The van der Waals surface area contributed by atoms with Gasteiger partial charge in [0.15, 0.2) is 11.5 Å². The molecule has 2 rings (SSSR count). The van der Waals surface area contributed by atoms with E-state index in [0.717, 1.165) is 5.56 Å². The molecule has 0 unspecified atom stereocenters. The highest BCUT2D eigenvalue weighted by Gasteiger charge is 2.07. The minimum atomic E-state index is -0.170. The van der Waals surface area contributed by atoms with Crippen molar-refractivity contribution in [1.82, 2.24) is 10.3 Å². The fraction of sp³-hybridized carbons (Fsp3) is 0.250. The number of nitrogens with one attached hydrogen (secondary N) is 1. The highest BCUT2D eigenvalue weighted by Crippen LogP contribution is 2.27. The summed E-state index contributed by atoms with van der Waals surface area (Å²) in [6.07, 6.45) is 2.31. The van der Waals surface area contributed by atoms with E-state index < -0.39 is 0 Å². The van der Waals surface area contributed by atoms with Gasteiger partial charge in [-0.25, -0.2) is 0 Å². The molecule has 2 aromatic rings. The number of carbonyl (C=O) groups is 1. The number of methoxy groups -OCH3 is 2. The van der Waals surface area contributed by atoms with Gasteiger partial charge >= 0.3 is 0 Å². The molecule has 0 bridgehead atoms. The van der Waals surface area contributed by atoms with Crippen LogP contribution in [-0.4, -0.2) is 31.7 Å². The van der Waals surface area contributed by atoms with Gasteiger partial charge in [0.1, 0.15) is 5.69 Å². The van der Waals surface area contributed by atoms with E-state index in [9.17, 15) is 4.79 Å². The van der Waals surface area contributed by atoms with Gasteiger partial charge in [0.25, 0.3) is 5.91 Å². The zero-order valence-corrected chi connectivity index (χ0v) is 12.1. The molecular formula is C16H18N2O3. The molecule has 1 aromatic heterocycles. The summed E-state index contributed by atoms with van der Waals surface area (Å²) in [5, 5.41) is 2.84. The maximum atomic E-state index is 11.8. The van der Waals surface area contributed by atoms with Gasteiger partial charge < -0.3 is 14.8 Å². The second-order valence-electron chi connectivity index (χ2n) is 4.41. The van der Waals surface area contributed by atoms with E-state index in [4.69, 9.17) is 9.47 Å². The topological polar surface area (TPSA) is 60.5 Å². The van der Waals surface area contributed by atoms with Crippen molar-refractivity contribution in [1.29, 1.82) is 0 Å². The lowest BCUT2D eigenvalue weighted by Gasteiger charge is -2.10. The van der Waals surface area contributed by atoms with Crippen molar-refractivity contribution in [2.75, 3.05) is 20.8 Å². The second-order valence-corrected chi connectivity index (χ2v) is 4.41. The van der Waals surface area contributed by atoms with Crippen LogP contribution < -0.4 is 14.8 Å². The van der Waals surface area contributed by atoms with Crippen molar-refractivity contribution in [3.63, 3.8) is 0 Å². The maximum Gasteiger partial charge on any atom is 0.269 e. The van der Waals surface area contributed by atoms with Gasteiger partial charge in [0.2, 0.25) is 0 Å². The third-order valence-corrected chi connectivity index (χ3v) is 3.04. The molecule has 1 aromatic carbocycles. The highest BCUT2D eigenvalue weighted by atomic mass is 16.5. The van der Waals surface area contributed by atoms with Gasteiger partial charge in [-0.05, 0) is 36.2 Å². The molecule has 5 heteroatoms. The number of ether oxygens (including phenoxy) is 2. The Morgan fingerprint density at radius 3 is 2.62 bits per heavy atom. The van der Waals surface area contributed by atoms with E-state index >= 15 is 0 Å². The summed E-state index contributed by atoms with van der Waals surface area (Å²) in [7, 11) is 3.20. The molecule has 1 amide bonds. The lowest BCUT2D eigenvalue weighted by molar-refractivity contribution is 0.0949. The lowest BCUT2D eigenvalue weighted by Crippen LogP contribution is -2.26. The molecular weight excluding hydrogens is 268 g/mol. The van der Waals surface area contributed by atoms with Crippen LogP contribution in [0.5, 0.6) is 11.5 Å². The van der Waals surface area contributed by atoms with Crippen LogP contribution in [0.1, 0.15) is 16.1 Å². The van der Waals surface area contributed by atoms with Crippen molar-refractivity contribution >= 4 is 5.91 Å². The normalized spacial score (nSPS) is 10.0.